The third-order valence-electron chi connectivity index (χ3n) is 4.04. The van der Waals surface area contributed by atoms with E-state index in [-0.39, 0.29) is 11.7 Å². The summed E-state index contributed by atoms with van der Waals surface area (Å²) in [6.07, 6.45) is 2.02. The van der Waals surface area contributed by atoms with Gasteiger partial charge in [0, 0.05) is 19.6 Å². The lowest BCUT2D eigenvalue weighted by Crippen LogP contribution is -2.41. The number of sulfonamides is 1. The first-order valence-corrected chi connectivity index (χ1v) is 8.56. The van der Waals surface area contributed by atoms with Crippen LogP contribution in [0, 0.1) is 5.82 Å². The molecule has 1 aliphatic heterocycles. The van der Waals surface area contributed by atoms with Crippen molar-refractivity contribution in [2.24, 2.45) is 0 Å². The Labute approximate surface area is 125 Å². The van der Waals surface area contributed by atoms with Gasteiger partial charge in [0.05, 0.1) is 5.69 Å². The number of rotatable bonds is 5. The molecule has 0 bridgehead atoms. The van der Waals surface area contributed by atoms with E-state index < -0.39 is 20.7 Å². The molecule has 1 fully saturated rings. The highest BCUT2D eigenvalue weighted by Crippen LogP contribution is 2.26. The van der Waals surface area contributed by atoms with Crippen LogP contribution in [0.4, 0.5) is 10.1 Å². The first-order chi connectivity index (χ1) is 9.87. The molecule has 1 saturated heterocycles. The number of nitrogens with zero attached hydrogens (tertiary/aromatic N) is 2. The minimum atomic E-state index is -3.91. The summed E-state index contributed by atoms with van der Waals surface area (Å²) in [6.45, 7) is 4.28. The highest BCUT2D eigenvalue weighted by molar-refractivity contribution is 7.89. The van der Waals surface area contributed by atoms with Crippen molar-refractivity contribution in [3.63, 3.8) is 0 Å². The molecule has 0 aromatic heterocycles. The van der Waals surface area contributed by atoms with E-state index >= 15 is 0 Å². The summed E-state index contributed by atoms with van der Waals surface area (Å²) in [5, 5.41) is 0. The molecule has 118 valence electrons. The molecular formula is C14H22FN3O2S. The SMILES string of the molecule is CCN1CCCC1CN(C)S(=O)(=O)c1c(N)cccc1F. The van der Waals surface area contributed by atoms with E-state index in [1.165, 1.54) is 23.5 Å². The predicted molar refractivity (Wildman–Crippen MR) is 80.9 cm³/mol. The highest BCUT2D eigenvalue weighted by atomic mass is 32.2. The molecule has 1 aromatic rings. The fourth-order valence-corrected chi connectivity index (χ4v) is 4.23. The van der Waals surface area contributed by atoms with Gasteiger partial charge in [0.1, 0.15) is 10.7 Å². The van der Waals surface area contributed by atoms with Crippen LogP contribution in [0.25, 0.3) is 0 Å². The number of benzene rings is 1. The molecular weight excluding hydrogens is 293 g/mol. The lowest BCUT2D eigenvalue weighted by atomic mass is 10.2. The van der Waals surface area contributed by atoms with Crippen LogP contribution in [0.5, 0.6) is 0 Å². The Hall–Kier alpha value is -1.18. The standard InChI is InChI=1S/C14H22FN3O2S/c1-3-18-9-5-6-11(18)10-17(2)21(19,20)14-12(15)7-4-8-13(14)16/h4,7-8,11H,3,5-6,9-10,16H2,1-2H3. The fraction of sp³-hybridized carbons (Fsp3) is 0.571. The molecule has 2 N–H and O–H groups in total. The lowest BCUT2D eigenvalue weighted by molar-refractivity contribution is 0.237. The third-order valence-corrected chi connectivity index (χ3v) is 5.96. The molecule has 5 nitrogen and oxygen atoms in total. The van der Waals surface area contributed by atoms with E-state index in [0.29, 0.717) is 6.54 Å². The Morgan fingerprint density at radius 1 is 1.48 bits per heavy atom. The summed E-state index contributed by atoms with van der Waals surface area (Å²) in [5.41, 5.74) is 5.60. The van der Waals surface area contributed by atoms with Gasteiger partial charge in [0.15, 0.2) is 0 Å². The minimum Gasteiger partial charge on any atom is -0.398 e. The van der Waals surface area contributed by atoms with Crippen molar-refractivity contribution in [3.05, 3.63) is 24.0 Å². The lowest BCUT2D eigenvalue weighted by Gasteiger charge is -2.27. The summed E-state index contributed by atoms with van der Waals surface area (Å²) >= 11 is 0. The number of hydrogen-bond acceptors (Lipinski definition) is 4. The van der Waals surface area contributed by atoms with Crippen LogP contribution in [-0.4, -0.2) is 50.3 Å². The normalized spacial score (nSPS) is 20.3. The average molecular weight is 315 g/mol. The summed E-state index contributed by atoms with van der Waals surface area (Å²) < 4.78 is 40.2. The van der Waals surface area contributed by atoms with Crippen molar-refractivity contribution >= 4 is 15.7 Å². The molecule has 0 saturated carbocycles. The van der Waals surface area contributed by atoms with Crippen molar-refractivity contribution in [1.29, 1.82) is 0 Å². The molecule has 1 atom stereocenters. The average Bonchev–Trinajstić information content (AvgIpc) is 2.85. The van der Waals surface area contributed by atoms with Crippen LogP contribution in [-0.2, 0) is 10.0 Å². The second kappa shape index (κ2) is 6.29. The second-order valence-corrected chi connectivity index (χ2v) is 7.35. The van der Waals surface area contributed by atoms with E-state index in [9.17, 15) is 12.8 Å². The van der Waals surface area contributed by atoms with Gasteiger partial charge in [-0.25, -0.2) is 12.8 Å². The van der Waals surface area contributed by atoms with Gasteiger partial charge in [-0.3, -0.25) is 4.90 Å². The van der Waals surface area contributed by atoms with Gasteiger partial charge < -0.3 is 5.73 Å². The van der Waals surface area contributed by atoms with E-state index in [4.69, 9.17) is 5.73 Å². The highest BCUT2D eigenvalue weighted by Gasteiger charge is 2.31. The van der Waals surface area contributed by atoms with Crippen molar-refractivity contribution in [2.75, 3.05) is 32.4 Å². The van der Waals surface area contributed by atoms with Gasteiger partial charge in [-0.05, 0) is 38.1 Å². The second-order valence-electron chi connectivity index (χ2n) is 5.37. The molecule has 1 unspecified atom stereocenters. The Morgan fingerprint density at radius 2 is 2.19 bits per heavy atom. The van der Waals surface area contributed by atoms with Gasteiger partial charge in [0.2, 0.25) is 10.0 Å². The molecule has 0 spiro atoms. The van der Waals surface area contributed by atoms with Gasteiger partial charge in [-0.2, -0.15) is 4.31 Å². The molecule has 0 aliphatic carbocycles. The maximum absolute atomic E-state index is 13.9. The van der Waals surface area contributed by atoms with Crippen molar-refractivity contribution < 1.29 is 12.8 Å². The Balaban J connectivity index is 2.23. The molecule has 1 aliphatic rings. The zero-order chi connectivity index (χ0) is 15.6. The minimum absolute atomic E-state index is 0.0550. The summed E-state index contributed by atoms with van der Waals surface area (Å²) in [6, 6.07) is 4.10. The number of hydrogen-bond donors (Lipinski definition) is 1. The number of likely N-dealkylation sites (tertiary alicyclic amines) is 1. The summed E-state index contributed by atoms with van der Waals surface area (Å²) in [5.74, 6) is -0.805. The Morgan fingerprint density at radius 3 is 2.81 bits per heavy atom. The monoisotopic (exact) mass is 315 g/mol. The molecule has 7 heteroatoms. The topological polar surface area (TPSA) is 66.6 Å². The van der Waals surface area contributed by atoms with E-state index in [1.54, 1.807) is 0 Å². The van der Waals surface area contributed by atoms with Crippen LogP contribution in [0.15, 0.2) is 23.1 Å². The quantitative estimate of drug-likeness (QED) is 0.837. The van der Waals surface area contributed by atoms with Gasteiger partial charge in [0.25, 0.3) is 0 Å². The summed E-state index contributed by atoms with van der Waals surface area (Å²) in [4.78, 5) is 1.82. The maximum Gasteiger partial charge on any atom is 0.247 e. The van der Waals surface area contributed by atoms with Crippen LogP contribution in [0.1, 0.15) is 19.8 Å². The Kier molecular flexibility index (Phi) is 4.85. The Bertz CT molecular complexity index is 586. The zero-order valence-electron chi connectivity index (χ0n) is 12.4. The summed E-state index contributed by atoms with van der Waals surface area (Å²) in [7, 11) is -2.43. The van der Waals surface area contributed by atoms with E-state index in [0.717, 1.165) is 32.0 Å². The smallest absolute Gasteiger partial charge is 0.247 e. The van der Waals surface area contributed by atoms with Crippen molar-refractivity contribution in [1.82, 2.24) is 9.21 Å². The van der Waals surface area contributed by atoms with Crippen LogP contribution in [0.2, 0.25) is 0 Å². The van der Waals surface area contributed by atoms with Crippen molar-refractivity contribution in [2.45, 2.75) is 30.7 Å². The predicted octanol–water partition coefficient (Wildman–Crippen LogP) is 1.51. The van der Waals surface area contributed by atoms with E-state index in [1.807, 2.05) is 0 Å². The molecule has 0 amide bonds. The molecule has 2 rings (SSSR count). The van der Waals surface area contributed by atoms with Gasteiger partial charge >= 0.3 is 0 Å². The third kappa shape index (κ3) is 3.20. The van der Waals surface area contributed by atoms with Crippen LogP contribution in [0.3, 0.4) is 0 Å². The fourth-order valence-electron chi connectivity index (χ4n) is 2.87. The zero-order valence-corrected chi connectivity index (χ0v) is 13.2. The van der Waals surface area contributed by atoms with Gasteiger partial charge in [-0.1, -0.05) is 13.0 Å². The van der Waals surface area contributed by atoms with E-state index in [2.05, 4.69) is 11.8 Å². The molecule has 1 heterocycles. The molecule has 0 radical (unpaired) electrons. The van der Waals surface area contributed by atoms with Crippen LogP contribution >= 0.6 is 0 Å². The van der Waals surface area contributed by atoms with Crippen LogP contribution < -0.4 is 5.73 Å². The van der Waals surface area contributed by atoms with Crippen molar-refractivity contribution in [3.8, 4) is 0 Å². The maximum atomic E-state index is 13.9. The number of halogens is 1. The molecule has 1 aromatic carbocycles. The largest absolute Gasteiger partial charge is 0.398 e. The molecule has 21 heavy (non-hydrogen) atoms. The number of anilines is 1. The first kappa shape index (κ1) is 16.2. The van der Waals surface area contributed by atoms with Gasteiger partial charge in [-0.15, -0.1) is 0 Å². The number of nitrogens with two attached hydrogens (primary N) is 1. The first-order valence-electron chi connectivity index (χ1n) is 7.12. The number of likely N-dealkylation sites (N-methyl/N-ethyl adjacent to an activating group) is 2. The number of nitrogen functional groups attached to an aromatic ring is 1.